The van der Waals surface area contributed by atoms with Crippen molar-refractivity contribution in [1.29, 1.82) is 0 Å². The molecule has 0 amide bonds. The zero-order chi connectivity index (χ0) is 55.0. The Hall–Kier alpha value is -3.15. The summed E-state index contributed by atoms with van der Waals surface area (Å²) in [5.41, 5.74) is 0. The Balaban J connectivity index is 4.31. The molecule has 0 heterocycles. The lowest BCUT2D eigenvalue weighted by atomic mass is 10.0. The van der Waals surface area contributed by atoms with E-state index in [0.29, 0.717) is 19.3 Å². The van der Waals surface area contributed by atoms with Gasteiger partial charge in [-0.15, -0.1) is 0 Å². The summed E-state index contributed by atoms with van der Waals surface area (Å²) in [6.45, 7) is 6.57. The van der Waals surface area contributed by atoms with Crippen LogP contribution >= 0.6 is 0 Å². The Kier molecular flexibility index (Phi) is 61.7. The second kappa shape index (κ2) is 64.4. The molecule has 0 saturated carbocycles. The van der Waals surface area contributed by atoms with E-state index in [1.54, 1.807) is 0 Å². The molecule has 0 aliphatic rings. The van der Waals surface area contributed by atoms with Crippen LogP contribution in [0.5, 0.6) is 0 Å². The lowest BCUT2D eigenvalue weighted by Crippen LogP contribution is -2.30. The fourth-order valence-electron chi connectivity index (χ4n) is 9.57. The molecule has 0 aromatic carbocycles. The van der Waals surface area contributed by atoms with E-state index in [-0.39, 0.29) is 31.1 Å². The molecule has 0 aromatic heterocycles. The van der Waals surface area contributed by atoms with Crippen molar-refractivity contribution in [2.75, 3.05) is 13.2 Å². The zero-order valence-corrected chi connectivity index (χ0v) is 50.5. The van der Waals surface area contributed by atoms with Crippen molar-refractivity contribution in [3.05, 3.63) is 72.9 Å². The number of esters is 3. The van der Waals surface area contributed by atoms with Crippen LogP contribution in [0.15, 0.2) is 72.9 Å². The third-order valence-electron chi connectivity index (χ3n) is 14.5. The molecule has 1 atom stereocenters. The summed E-state index contributed by atoms with van der Waals surface area (Å²) in [5.74, 6) is -0.860. The summed E-state index contributed by atoms with van der Waals surface area (Å²) < 4.78 is 17.0. The largest absolute Gasteiger partial charge is 0.462 e. The third-order valence-corrected chi connectivity index (χ3v) is 14.5. The third kappa shape index (κ3) is 61.7. The number of allylic oxidation sites excluding steroid dienone is 12. The van der Waals surface area contributed by atoms with E-state index in [0.717, 1.165) is 103 Å². The van der Waals surface area contributed by atoms with Gasteiger partial charge in [0, 0.05) is 19.3 Å². The number of rotatable bonds is 60. The van der Waals surface area contributed by atoms with Gasteiger partial charge in [0.05, 0.1) is 0 Å². The van der Waals surface area contributed by atoms with E-state index in [2.05, 4.69) is 93.7 Å². The SMILES string of the molecule is CC/C=C\C/C=C\C/C=C\C/C=C\C/C=C\C/C=C\CCCCCCCCCCC(=O)OCC(COC(=O)CCCCCCCCCCCCCCCCC)OC(=O)CCCCCCCCCCCCCCCCCC. The predicted octanol–water partition coefficient (Wildman–Crippen LogP) is 22.5. The van der Waals surface area contributed by atoms with Crippen LogP contribution in [0.2, 0.25) is 0 Å². The van der Waals surface area contributed by atoms with Crippen LogP contribution < -0.4 is 0 Å². The van der Waals surface area contributed by atoms with Crippen molar-refractivity contribution in [2.24, 2.45) is 0 Å². The molecule has 0 bridgehead atoms. The number of hydrogen-bond acceptors (Lipinski definition) is 6. The van der Waals surface area contributed by atoms with Gasteiger partial charge in [0.1, 0.15) is 13.2 Å². The Morgan fingerprint density at radius 1 is 0.276 bits per heavy atom. The zero-order valence-electron chi connectivity index (χ0n) is 50.5. The summed E-state index contributed by atoms with van der Waals surface area (Å²) >= 11 is 0. The first-order valence-electron chi connectivity index (χ1n) is 32.9. The van der Waals surface area contributed by atoms with Crippen molar-refractivity contribution >= 4 is 17.9 Å². The normalized spacial score (nSPS) is 12.5. The molecule has 0 N–H and O–H groups in total. The maximum absolute atomic E-state index is 12.9. The van der Waals surface area contributed by atoms with Gasteiger partial charge in [-0.05, 0) is 70.6 Å². The van der Waals surface area contributed by atoms with Gasteiger partial charge in [-0.1, -0.05) is 318 Å². The maximum Gasteiger partial charge on any atom is 0.306 e. The minimum Gasteiger partial charge on any atom is -0.462 e. The summed E-state index contributed by atoms with van der Waals surface area (Å²) in [4.78, 5) is 38.3. The van der Waals surface area contributed by atoms with Crippen LogP contribution in [0.1, 0.15) is 335 Å². The summed E-state index contributed by atoms with van der Waals surface area (Å²) in [7, 11) is 0. The summed E-state index contributed by atoms with van der Waals surface area (Å²) in [5, 5.41) is 0. The van der Waals surface area contributed by atoms with Crippen LogP contribution in [0.3, 0.4) is 0 Å². The van der Waals surface area contributed by atoms with Crippen molar-refractivity contribution in [2.45, 2.75) is 341 Å². The van der Waals surface area contributed by atoms with Crippen LogP contribution in [0.4, 0.5) is 0 Å². The fraction of sp³-hybridized carbons (Fsp3) is 0.786. The molecule has 0 aliphatic carbocycles. The molecule has 0 saturated heterocycles. The second-order valence-corrected chi connectivity index (χ2v) is 22.0. The molecule has 1 unspecified atom stereocenters. The number of hydrogen-bond donors (Lipinski definition) is 0. The molecule has 0 fully saturated rings. The monoisotopic (exact) mass is 1060 g/mol. The lowest BCUT2D eigenvalue weighted by Gasteiger charge is -2.18. The maximum atomic E-state index is 12.9. The molecule has 0 aliphatic heterocycles. The second-order valence-electron chi connectivity index (χ2n) is 22.0. The summed E-state index contributed by atoms with van der Waals surface area (Å²) in [6.07, 6.45) is 83.3. The highest BCUT2D eigenvalue weighted by Gasteiger charge is 2.19. The molecule has 76 heavy (non-hydrogen) atoms. The van der Waals surface area contributed by atoms with Crippen molar-refractivity contribution in [1.82, 2.24) is 0 Å². The van der Waals surface area contributed by atoms with Crippen molar-refractivity contribution in [3.8, 4) is 0 Å². The standard InChI is InChI=1S/C70H124O6/c1-4-7-10-13-16-19-22-25-28-30-31-32-33-34-35-36-37-38-39-40-43-45-48-51-54-57-60-63-69(72)75-66-67(65-74-68(71)62-59-56-53-50-47-44-41-27-24-21-18-15-12-9-6-3)76-70(73)64-61-58-55-52-49-46-42-29-26-23-20-17-14-11-8-5-2/h7,10,16,19,25,28,31-32,34-35,37-38,67H,4-6,8-9,11-15,17-18,20-24,26-27,29-30,33,36,39-66H2,1-3H3/b10-7-,19-16-,28-25-,32-31-,35-34-,38-37-. The number of carbonyl (C=O) groups excluding carboxylic acids is 3. The molecular weight excluding hydrogens is 937 g/mol. The quantitative estimate of drug-likeness (QED) is 0.0261. The highest BCUT2D eigenvalue weighted by molar-refractivity contribution is 5.71. The molecule has 0 rings (SSSR count). The van der Waals surface area contributed by atoms with E-state index in [9.17, 15) is 14.4 Å². The number of unbranched alkanes of at least 4 members (excludes halogenated alkanes) is 37. The first-order chi connectivity index (χ1) is 37.5. The molecule has 6 nitrogen and oxygen atoms in total. The molecule has 440 valence electrons. The van der Waals surface area contributed by atoms with E-state index in [1.165, 1.54) is 193 Å². The Morgan fingerprint density at radius 3 is 0.803 bits per heavy atom. The van der Waals surface area contributed by atoms with Gasteiger partial charge in [0.2, 0.25) is 0 Å². The first-order valence-corrected chi connectivity index (χ1v) is 32.9. The Bertz CT molecular complexity index is 1400. The molecular formula is C70H124O6. The van der Waals surface area contributed by atoms with E-state index >= 15 is 0 Å². The minimum atomic E-state index is -0.776. The molecule has 6 heteroatoms. The Morgan fingerprint density at radius 2 is 0.513 bits per heavy atom. The average molecular weight is 1060 g/mol. The fourth-order valence-corrected chi connectivity index (χ4v) is 9.57. The van der Waals surface area contributed by atoms with Crippen molar-refractivity contribution in [3.63, 3.8) is 0 Å². The van der Waals surface area contributed by atoms with Crippen LogP contribution in [0, 0.1) is 0 Å². The highest BCUT2D eigenvalue weighted by Crippen LogP contribution is 2.17. The van der Waals surface area contributed by atoms with E-state index < -0.39 is 6.10 Å². The molecule has 0 aromatic rings. The van der Waals surface area contributed by atoms with Crippen LogP contribution in [-0.4, -0.2) is 37.2 Å². The number of ether oxygens (including phenoxy) is 3. The van der Waals surface area contributed by atoms with Crippen molar-refractivity contribution < 1.29 is 28.6 Å². The lowest BCUT2D eigenvalue weighted by molar-refractivity contribution is -0.167. The van der Waals surface area contributed by atoms with Gasteiger partial charge >= 0.3 is 17.9 Å². The van der Waals surface area contributed by atoms with Crippen LogP contribution in [0.25, 0.3) is 0 Å². The van der Waals surface area contributed by atoms with Gasteiger partial charge in [-0.2, -0.15) is 0 Å². The minimum absolute atomic E-state index is 0.0725. The van der Waals surface area contributed by atoms with Crippen LogP contribution in [-0.2, 0) is 28.6 Å². The van der Waals surface area contributed by atoms with Gasteiger partial charge in [0.15, 0.2) is 6.10 Å². The molecule has 0 radical (unpaired) electrons. The van der Waals surface area contributed by atoms with Gasteiger partial charge in [0.25, 0.3) is 0 Å². The number of carbonyl (C=O) groups is 3. The van der Waals surface area contributed by atoms with Gasteiger partial charge in [-0.25, -0.2) is 0 Å². The van der Waals surface area contributed by atoms with E-state index in [1.807, 2.05) is 0 Å². The smallest absolute Gasteiger partial charge is 0.306 e. The topological polar surface area (TPSA) is 78.9 Å². The van der Waals surface area contributed by atoms with Gasteiger partial charge < -0.3 is 14.2 Å². The first kappa shape index (κ1) is 72.8. The highest BCUT2D eigenvalue weighted by atomic mass is 16.6. The molecule has 0 spiro atoms. The average Bonchev–Trinajstić information content (AvgIpc) is 3.42. The predicted molar refractivity (Wildman–Crippen MR) is 330 cm³/mol. The summed E-state index contributed by atoms with van der Waals surface area (Å²) in [6, 6.07) is 0. The Labute approximate surface area is 472 Å². The van der Waals surface area contributed by atoms with E-state index in [4.69, 9.17) is 14.2 Å². The van der Waals surface area contributed by atoms with Gasteiger partial charge in [-0.3, -0.25) is 14.4 Å².